The van der Waals surface area contributed by atoms with E-state index >= 15 is 0 Å². The number of likely N-dealkylation sites (tertiary alicyclic amines) is 1. The number of amides is 1. The van der Waals surface area contributed by atoms with Crippen molar-refractivity contribution in [2.45, 2.75) is 33.6 Å². The summed E-state index contributed by atoms with van der Waals surface area (Å²) in [5.41, 5.74) is 3.76. The summed E-state index contributed by atoms with van der Waals surface area (Å²) >= 11 is 0. The minimum Gasteiger partial charge on any atom is -0.338 e. The van der Waals surface area contributed by atoms with E-state index in [1.165, 1.54) is 6.42 Å². The maximum atomic E-state index is 12.5. The van der Waals surface area contributed by atoms with Gasteiger partial charge in [-0.05, 0) is 55.9 Å². The molecule has 0 radical (unpaired) electrons. The molecule has 5 nitrogen and oxygen atoms in total. The van der Waals surface area contributed by atoms with Gasteiger partial charge in [0, 0.05) is 18.8 Å². The second kappa shape index (κ2) is 6.99. The van der Waals surface area contributed by atoms with Crippen molar-refractivity contribution in [1.29, 1.82) is 0 Å². The van der Waals surface area contributed by atoms with Gasteiger partial charge >= 0.3 is 0 Å². The Morgan fingerprint density at radius 3 is 2.54 bits per heavy atom. The molecule has 2 heterocycles. The molecule has 0 spiro atoms. The Morgan fingerprint density at radius 2 is 1.92 bits per heavy atom. The third-order valence-corrected chi connectivity index (χ3v) is 4.56. The van der Waals surface area contributed by atoms with Crippen LogP contribution in [0.2, 0.25) is 0 Å². The summed E-state index contributed by atoms with van der Waals surface area (Å²) in [6, 6.07) is 9.71. The second-order valence-electron chi connectivity index (χ2n) is 6.69. The minimum atomic E-state index is -0.0207. The fraction of sp³-hybridized carbons (Fsp3) is 0.421. The number of carbonyl (C=O) groups is 1. The van der Waals surface area contributed by atoms with Crippen molar-refractivity contribution in [2.75, 3.05) is 18.4 Å². The number of rotatable bonds is 3. The molecular formula is C19H24N4O. The lowest BCUT2D eigenvalue weighted by atomic mass is 10.00. The zero-order valence-corrected chi connectivity index (χ0v) is 14.5. The first-order valence-electron chi connectivity index (χ1n) is 8.51. The summed E-state index contributed by atoms with van der Waals surface area (Å²) in [7, 11) is 0. The molecule has 24 heavy (non-hydrogen) atoms. The molecule has 1 unspecified atom stereocenters. The summed E-state index contributed by atoms with van der Waals surface area (Å²) in [6.45, 7) is 7.91. The molecule has 0 aliphatic carbocycles. The molecule has 0 saturated carbocycles. The van der Waals surface area contributed by atoms with E-state index in [9.17, 15) is 4.79 Å². The van der Waals surface area contributed by atoms with Crippen molar-refractivity contribution in [3.05, 3.63) is 47.2 Å². The van der Waals surface area contributed by atoms with E-state index in [2.05, 4.69) is 48.4 Å². The third-order valence-electron chi connectivity index (χ3n) is 4.56. The highest BCUT2D eigenvalue weighted by Crippen LogP contribution is 2.23. The Morgan fingerprint density at radius 1 is 1.17 bits per heavy atom. The normalized spacial score (nSPS) is 17.6. The smallest absolute Gasteiger partial charge is 0.274 e. The molecular weight excluding hydrogens is 300 g/mol. The molecule has 1 aromatic carbocycles. The maximum Gasteiger partial charge on any atom is 0.274 e. The van der Waals surface area contributed by atoms with Crippen LogP contribution in [0.3, 0.4) is 0 Å². The highest BCUT2D eigenvalue weighted by molar-refractivity contribution is 5.92. The van der Waals surface area contributed by atoms with Crippen molar-refractivity contribution in [2.24, 2.45) is 5.92 Å². The van der Waals surface area contributed by atoms with Crippen molar-refractivity contribution < 1.29 is 4.79 Å². The number of hydrogen-bond donors (Lipinski definition) is 1. The van der Waals surface area contributed by atoms with E-state index in [0.29, 0.717) is 17.4 Å². The lowest BCUT2D eigenvalue weighted by molar-refractivity contribution is 0.0676. The molecule has 1 atom stereocenters. The fourth-order valence-corrected chi connectivity index (χ4v) is 3.19. The number of piperidine rings is 1. The van der Waals surface area contributed by atoms with E-state index in [-0.39, 0.29) is 5.91 Å². The zero-order valence-electron chi connectivity index (χ0n) is 14.5. The van der Waals surface area contributed by atoms with Crippen molar-refractivity contribution in [1.82, 2.24) is 15.1 Å². The number of aromatic nitrogens is 2. The van der Waals surface area contributed by atoms with Crippen molar-refractivity contribution >= 4 is 17.4 Å². The van der Waals surface area contributed by atoms with Crippen LogP contribution in [-0.2, 0) is 0 Å². The summed E-state index contributed by atoms with van der Waals surface area (Å²) in [5, 5.41) is 11.6. The summed E-state index contributed by atoms with van der Waals surface area (Å²) in [5.74, 6) is 1.18. The number of anilines is 2. The van der Waals surface area contributed by atoms with Gasteiger partial charge < -0.3 is 10.2 Å². The Kier molecular flexibility index (Phi) is 4.79. The summed E-state index contributed by atoms with van der Waals surface area (Å²) in [6.07, 6.45) is 2.25. The molecule has 126 valence electrons. The van der Waals surface area contributed by atoms with Crippen LogP contribution in [0, 0.1) is 19.8 Å². The second-order valence-corrected chi connectivity index (χ2v) is 6.69. The van der Waals surface area contributed by atoms with E-state index < -0.39 is 0 Å². The predicted octanol–water partition coefficient (Wildman–Crippen LogP) is 3.71. The standard InChI is InChI=1S/C19H24N4O/c1-13-6-5-11-23(12-13)19(24)16-9-10-17(22-21-16)20-18-14(2)7-4-8-15(18)3/h4,7-10,13H,5-6,11-12H2,1-3H3,(H,20,22). The number of hydrogen-bond acceptors (Lipinski definition) is 4. The Bertz CT molecular complexity index is 706. The van der Waals surface area contributed by atoms with Gasteiger partial charge in [0.2, 0.25) is 0 Å². The number of benzene rings is 1. The van der Waals surface area contributed by atoms with Gasteiger partial charge in [0.1, 0.15) is 0 Å². The van der Waals surface area contributed by atoms with Gasteiger partial charge in [-0.3, -0.25) is 4.79 Å². The molecule has 1 aromatic heterocycles. The Labute approximate surface area is 143 Å². The van der Waals surface area contributed by atoms with E-state index in [4.69, 9.17) is 0 Å². The third kappa shape index (κ3) is 3.55. The Balaban J connectivity index is 1.72. The molecule has 1 N–H and O–H groups in total. The maximum absolute atomic E-state index is 12.5. The van der Waals surface area contributed by atoms with Crippen LogP contribution < -0.4 is 5.32 Å². The van der Waals surface area contributed by atoms with Crippen LogP contribution in [0.4, 0.5) is 11.5 Å². The van der Waals surface area contributed by atoms with Crippen LogP contribution in [0.5, 0.6) is 0 Å². The van der Waals surface area contributed by atoms with Crippen LogP contribution >= 0.6 is 0 Å². The molecule has 1 aliphatic rings. The minimum absolute atomic E-state index is 0.0207. The lowest BCUT2D eigenvalue weighted by Gasteiger charge is -2.30. The number of carbonyl (C=O) groups excluding carboxylic acids is 1. The molecule has 0 bridgehead atoms. The number of nitrogens with zero attached hydrogens (tertiary/aromatic N) is 3. The highest BCUT2D eigenvalue weighted by atomic mass is 16.2. The Hall–Kier alpha value is -2.43. The molecule has 1 saturated heterocycles. The number of nitrogens with one attached hydrogen (secondary N) is 1. The largest absolute Gasteiger partial charge is 0.338 e. The summed E-state index contributed by atoms with van der Waals surface area (Å²) in [4.78, 5) is 14.4. The van der Waals surface area contributed by atoms with E-state index in [1.54, 1.807) is 6.07 Å². The van der Waals surface area contributed by atoms with Crippen molar-refractivity contribution in [3.63, 3.8) is 0 Å². The van der Waals surface area contributed by atoms with Gasteiger partial charge in [-0.15, -0.1) is 10.2 Å². The molecule has 1 amide bonds. The fourth-order valence-electron chi connectivity index (χ4n) is 3.19. The van der Waals surface area contributed by atoms with Crippen LogP contribution in [-0.4, -0.2) is 34.1 Å². The van der Waals surface area contributed by atoms with Crippen LogP contribution in [0.25, 0.3) is 0 Å². The topological polar surface area (TPSA) is 58.1 Å². The van der Waals surface area contributed by atoms with Gasteiger partial charge in [0.05, 0.1) is 0 Å². The first-order valence-corrected chi connectivity index (χ1v) is 8.51. The molecule has 3 rings (SSSR count). The van der Waals surface area contributed by atoms with Crippen LogP contribution in [0.15, 0.2) is 30.3 Å². The average molecular weight is 324 g/mol. The van der Waals surface area contributed by atoms with Gasteiger partial charge in [-0.25, -0.2) is 0 Å². The van der Waals surface area contributed by atoms with E-state index in [0.717, 1.165) is 36.3 Å². The SMILES string of the molecule is Cc1cccc(C)c1Nc1ccc(C(=O)N2CCCC(C)C2)nn1. The van der Waals surface area contributed by atoms with E-state index in [1.807, 2.05) is 17.0 Å². The molecule has 2 aromatic rings. The lowest BCUT2D eigenvalue weighted by Crippen LogP contribution is -2.39. The molecule has 5 heteroatoms. The van der Waals surface area contributed by atoms with Gasteiger partial charge in [0.15, 0.2) is 11.5 Å². The van der Waals surface area contributed by atoms with Gasteiger partial charge in [-0.1, -0.05) is 25.1 Å². The average Bonchev–Trinajstić information content (AvgIpc) is 2.58. The monoisotopic (exact) mass is 324 g/mol. The first-order chi connectivity index (χ1) is 11.5. The first kappa shape index (κ1) is 16.4. The molecule has 1 fully saturated rings. The van der Waals surface area contributed by atoms with Gasteiger partial charge in [0.25, 0.3) is 5.91 Å². The number of para-hydroxylation sites is 1. The number of aryl methyl sites for hydroxylation is 2. The van der Waals surface area contributed by atoms with Crippen LogP contribution in [0.1, 0.15) is 41.4 Å². The predicted molar refractivity (Wildman–Crippen MR) is 95.5 cm³/mol. The highest BCUT2D eigenvalue weighted by Gasteiger charge is 2.23. The van der Waals surface area contributed by atoms with Gasteiger partial charge in [-0.2, -0.15) is 0 Å². The molecule has 1 aliphatic heterocycles. The quantitative estimate of drug-likeness (QED) is 0.935. The zero-order chi connectivity index (χ0) is 17.1. The summed E-state index contributed by atoms with van der Waals surface area (Å²) < 4.78 is 0. The van der Waals surface area contributed by atoms with Crippen molar-refractivity contribution in [3.8, 4) is 0 Å².